The summed E-state index contributed by atoms with van der Waals surface area (Å²) >= 11 is 0. The second-order valence-corrected chi connectivity index (χ2v) is 4.07. The zero-order valence-corrected chi connectivity index (χ0v) is 10.4. The lowest BCUT2D eigenvalue weighted by molar-refractivity contribution is 0.112. The van der Waals surface area contributed by atoms with E-state index in [4.69, 9.17) is 0 Å². The molecule has 0 radical (unpaired) electrons. The van der Waals surface area contributed by atoms with E-state index in [1.54, 1.807) is 0 Å². The summed E-state index contributed by atoms with van der Waals surface area (Å²) in [4.78, 5) is 11.1. The van der Waals surface area contributed by atoms with Crippen molar-refractivity contribution >= 4 is 6.29 Å². The van der Waals surface area contributed by atoms with Gasteiger partial charge in [0.05, 0.1) is 0 Å². The zero-order valence-electron chi connectivity index (χ0n) is 10.4. The summed E-state index contributed by atoms with van der Waals surface area (Å²) in [5, 5.41) is 0. The van der Waals surface area contributed by atoms with Crippen molar-refractivity contribution in [3.8, 4) is 0 Å². The molecule has 0 aliphatic rings. The molecule has 0 amide bonds. The Kier molecular flexibility index (Phi) is 3.67. The maximum Gasteiger partial charge on any atom is 0.150 e. The van der Waals surface area contributed by atoms with Crippen LogP contribution in [0.4, 0.5) is 0 Å². The van der Waals surface area contributed by atoms with Gasteiger partial charge >= 0.3 is 0 Å². The van der Waals surface area contributed by atoms with Gasteiger partial charge in [0.1, 0.15) is 0 Å². The van der Waals surface area contributed by atoms with Crippen molar-refractivity contribution in [2.45, 2.75) is 47.5 Å². The second-order valence-electron chi connectivity index (χ2n) is 4.07. The monoisotopic (exact) mass is 204 g/mol. The largest absolute Gasteiger partial charge is 0.298 e. The van der Waals surface area contributed by atoms with Crippen LogP contribution in [0.3, 0.4) is 0 Å². The van der Waals surface area contributed by atoms with Gasteiger partial charge in [-0.3, -0.25) is 4.79 Å². The molecule has 1 aromatic carbocycles. The number of benzene rings is 1. The molecular formula is C14H20O. The molecule has 1 nitrogen and oxygen atoms in total. The average molecular weight is 204 g/mol. The molecule has 82 valence electrons. The number of hydrogen-bond donors (Lipinski definition) is 0. The summed E-state index contributed by atoms with van der Waals surface area (Å²) < 4.78 is 0. The quantitative estimate of drug-likeness (QED) is 0.688. The Morgan fingerprint density at radius 1 is 0.867 bits per heavy atom. The molecule has 0 heterocycles. The van der Waals surface area contributed by atoms with Gasteiger partial charge in [0.15, 0.2) is 6.29 Å². The molecule has 0 aliphatic heterocycles. The lowest BCUT2D eigenvalue weighted by Gasteiger charge is -2.18. The van der Waals surface area contributed by atoms with E-state index < -0.39 is 0 Å². The molecule has 1 heteroatoms. The van der Waals surface area contributed by atoms with Gasteiger partial charge in [-0.2, -0.15) is 0 Å². The normalized spacial score (nSPS) is 10.5. The summed E-state index contributed by atoms with van der Waals surface area (Å²) in [6.45, 7) is 10.6. The van der Waals surface area contributed by atoms with Gasteiger partial charge in [0, 0.05) is 5.56 Å². The first-order valence-electron chi connectivity index (χ1n) is 5.65. The fourth-order valence-electron chi connectivity index (χ4n) is 2.59. The molecule has 0 saturated carbocycles. The number of carbonyl (C=O) groups excluding carboxylic acids is 1. The molecule has 15 heavy (non-hydrogen) atoms. The van der Waals surface area contributed by atoms with Crippen molar-refractivity contribution in [2.75, 3.05) is 0 Å². The summed E-state index contributed by atoms with van der Waals surface area (Å²) in [7, 11) is 0. The van der Waals surface area contributed by atoms with E-state index in [9.17, 15) is 4.79 Å². The topological polar surface area (TPSA) is 17.1 Å². The summed E-state index contributed by atoms with van der Waals surface area (Å²) in [6.07, 6.45) is 3.01. The number of hydrogen-bond acceptors (Lipinski definition) is 1. The molecule has 0 saturated heterocycles. The molecule has 0 N–H and O–H groups in total. The molecule has 0 atom stereocenters. The van der Waals surface area contributed by atoms with Crippen molar-refractivity contribution in [3.05, 3.63) is 33.4 Å². The molecular weight excluding hydrogens is 184 g/mol. The van der Waals surface area contributed by atoms with Gasteiger partial charge in [-0.1, -0.05) is 13.8 Å². The predicted octanol–water partition coefficient (Wildman–Crippen LogP) is 3.55. The van der Waals surface area contributed by atoms with Gasteiger partial charge in [-0.05, 0) is 61.4 Å². The molecule has 0 spiro atoms. The van der Waals surface area contributed by atoms with Crippen LogP contribution in [0.1, 0.15) is 52.0 Å². The first-order chi connectivity index (χ1) is 7.08. The van der Waals surface area contributed by atoms with Crippen molar-refractivity contribution in [1.82, 2.24) is 0 Å². The van der Waals surface area contributed by atoms with Gasteiger partial charge in [-0.25, -0.2) is 0 Å². The molecule has 0 aromatic heterocycles. The number of carbonyl (C=O) groups is 1. The lowest BCUT2D eigenvalue weighted by atomic mass is 9.87. The Morgan fingerprint density at radius 2 is 1.27 bits per heavy atom. The van der Waals surface area contributed by atoms with E-state index in [1.807, 2.05) is 0 Å². The highest BCUT2D eigenvalue weighted by Gasteiger charge is 2.13. The van der Waals surface area contributed by atoms with Crippen LogP contribution < -0.4 is 0 Å². The minimum absolute atomic E-state index is 0.898. The highest BCUT2D eigenvalue weighted by Crippen LogP contribution is 2.26. The van der Waals surface area contributed by atoms with E-state index >= 15 is 0 Å². The van der Waals surface area contributed by atoms with E-state index in [2.05, 4.69) is 34.6 Å². The predicted molar refractivity (Wildman–Crippen MR) is 64.8 cm³/mol. The van der Waals surface area contributed by atoms with E-state index in [-0.39, 0.29) is 0 Å². The molecule has 0 fully saturated rings. The van der Waals surface area contributed by atoms with Crippen LogP contribution >= 0.6 is 0 Å². The van der Waals surface area contributed by atoms with Crippen LogP contribution in [0, 0.1) is 20.8 Å². The zero-order chi connectivity index (χ0) is 11.6. The minimum atomic E-state index is 0.898. The lowest BCUT2D eigenvalue weighted by Crippen LogP contribution is -2.05. The van der Waals surface area contributed by atoms with E-state index in [1.165, 1.54) is 27.8 Å². The van der Waals surface area contributed by atoms with Gasteiger partial charge in [0.25, 0.3) is 0 Å². The third-order valence-electron chi connectivity index (χ3n) is 3.44. The maximum atomic E-state index is 11.1. The van der Waals surface area contributed by atoms with Crippen LogP contribution in [-0.4, -0.2) is 6.29 Å². The third kappa shape index (κ3) is 1.83. The van der Waals surface area contributed by atoms with Gasteiger partial charge in [-0.15, -0.1) is 0 Å². The van der Waals surface area contributed by atoms with Crippen LogP contribution in [0.25, 0.3) is 0 Å². The molecule has 1 aromatic rings. The van der Waals surface area contributed by atoms with E-state index in [0.29, 0.717) is 0 Å². The summed E-state index contributed by atoms with van der Waals surface area (Å²) in [6, 6.07) is 0. The molecule has 0 bridgehead atoms. The summed E-state index contributed by atoms with van der Waals surface area (Å²) in [5.74, 6) is 0. The first kappa shape index (κ1) is 12.0. The summed E-state index contributed by atoms with van der Waals surface area (Å²) in [5.41, 5.74) is 7.30. The Bertz CT molecular complexity index is 358. The molecule has 0 unspecified atom stereocenters. The Morgan fingerprint density at radius 3 is 1.53 bits per heavy atom. The smallest absolute Gasteiger partial charge is 0.150 e. The van der Waals surface area contributed by atoms with Crippen molar-refractivity contribution in [3.63, 3.8) is 0 Å². The maximum absolute atomic E-state index is 11.1. The highest BCUT2D eigenvalue weighted by molar-refractivity contribution is 5.81. The van der Waals surface area contributed by atoms with Crippen LogP contribution in [0.15, 0.2) is 0 Å². The van der Waals surface area contributed by atoms with Gasteiger partial charge < -0.3 is 0 Å². The first-order valence-corrected chi connectivity index (χ1v) is 5.65. The number of rotatable bonds is 3. The Labute approximate surface area is 92.5 Å². The second kappa shape index (κ2) is 4.61. The molecule has 1 rings (SSSR count). The van der Waals surface area contributed by atoms with Gasteiger partial charge in [0.2, 0.25) is 0 Å². The third-order valence-corrected chi connectivity index (χ3v) is 3.44. The minimum Gasteiger partial charge on any atom is -0.298 e. The van der Waals surface area contributed by atoms with Crippen LogP contribution in [-0.2, 0) is 12.8 Å². The highest BCUT2D eigenvalue weighted by atomic mass is 16.1. The van der Waals surface area contributed by atoms with Crippen molar-refractivity contribution in [2.24, 2.45) is 0 Å². The Balaban J connectivity index is 3.64. The standard InChI is InChI=1S/C14H20O/c1-6-12-9(3)13(7-2)11(5)14(8-15)10(12)4/h8H,6-7H2,1-5H3. The van der Waals surface area contributed by atoms with Crippen LogP contribution in [0.2, 0.25) is 0 Å². The Hall–Kier alpha value is -1.11. The fourth-order valence-corrected chi connectivity index (χ4v) is 2.59. The molecule has 0 aliphatic carbocycles. The van der Waals surface area contributed by atoms with Crippen LogP contribution in [0.5, 0.6) is 0 Å². The SMILES string of the molecule is CCc1c(C)c(C=O)c(C)c(CC)c1C. The van der Waals surface area contributed by atoms with Crippen molar-refractivity contribution < 1.29 is 4.79 Å². The van der Waals surface area contributed by atoms with E-state index in [0.717, 1.165) is 24.7 Å². The average Bonchev–Trinajstić information content (AvgIpc) is 2.19. The fraction of sp³-hybridized carbons (Fsp3) is 0.500. The number of aldehydes is 1. The van der Waals surface area contributed by atoms with Crippen molar-refractivity contribution in [1.29, 1.82) is 0 Å².